The molecular weight excluding hydrogens is 244 g/mol. The zero-order valence-corrected chi connectivity index (χ0v) is 12.0. The molecule has 3 heteroatoms. The van der Waals surface area contributed by atoms with Gasteiger partial charge in [-0.05, 0) is 42.5 Å². The highest BCUT2D eigenvalue weighted by molar-refractivity contribution is 6.30. The number of nitrogens with zero attached hydrogens (tertiary/aromatic N) is 2. The summed E-state index contributed by atoms with van der Waals surface area (Å²) in [7, 11) is 0. The zero-order valence-electron chi connectivity index (χ0n) is 11.2. The number of nitriles is 1. The number of hydrogen-bond acceptors (Lipinski definition) is 2. The van der Waals surface area contributed by atoms with Gasteiger partial charge in [0.25, 0.3) is 0 Å². The van der Waals surface area contributed by atoms with E-state index in [-0.39, 0.29) is 11.3 Å². The van der Waals surface area contributed by atoms with Crippen LogP contribution in [0.1, 0.15) is 25.8 Å². The third-order valence-electron chi connectivity index (χ3n) is 3.88. The summed E-state index contributed by atoms with van der Waals surface area (Å²) in [4.78, 5) is 2.37. The van der Waals surface area contributed by atoms with Crippen LogP contribution in [0, 0.1) is 29.6 Å². The van der Waals surface area contributed by atoms with Gasteiger partial charge in [-0.1, -0.05) is 25.4 Å². The quantitative estimate of drug-likeness (QED) is 0.764. The van der Waals surface area contributed by atoms with Crippen LogP contribution in [0.4, 0.5) is 5.69 Å². The summed E-state index contributed by atoms with van der Waals surface area (Å²) in [6.07, 6.45) is 0.936. The number of anilines is 1. The Morgan fingerprint density at radius 3 is 2.72 bits per heavy atom. The van der Waals surface area contributed by atoms with E-state index in [1.165, 1.54) is 11.3 Å². The van der Waals surface area contributed by atoms with Crippen LogP contribution in [0.5, 0.6) is 0 Å². The SMILES string of the molecule is Cc1cc(Cl)ccc1N1CCC(C#N)C(C)(C)C1. The molecule has 1 atom stereocenters. The van der Waals surface area contributed by atoms with Crippen molar-refractivity contribution in [3.05, 3.63) is 28.8 Å². The summed E-state index contributed by atoms with van der Waals surface area (Å²) in [6, 6.07) is 8.46. The lowest BCUT2D eigenvalue weighted by Crippen LogP contribution is -2.45. The van der Waals surface area contributed by atoms with Gasteiger partial charge in [0.1, 0.15) is 0 Å². The number of benzene rings is 1. The van der Waals surface area contributed by atoms with Crippen LogP contribution in [0.25, 0.3) is 0 Å². The highest BCUT2D eigenvalue weighted by atomic mass is 35.5. The minimum absolute atomic E-state index is 0.0408. The van der Waals surface area contributed by atoms with E-state index < -0.39 is 0 Å². The molecule has 1 aromatic rings. The molecule has 0 saturated carbocycles. The van der Waals surface area contributed by atoms with Crippen molar-refractivity contribution < 1.29 is 0 Å². The van der Waals surface area contributed by atoms with Crippen molar-refractivity contribution in [1.29, 1.82) is 5.26 Å². The van der Waals surface area contributed by atoms with Crippen molar-refractivity contribution in [3.63, 3.8) is 0 Å². The lowest BCUT2D eigenvalue weighted by atomic mass is 9.74. The van der Waals surface area contributed by atoms with E-state index in [2.05, 4.69) is 37.8 Å². The Morgan fingerprint density at radius 2 is 2.17 bits per heavy atom. The summed E-state index contributed by atoms with van der Waals surface area (Å²) in [6.45, 7) is 8.32. The molecule has 1 heterocycles. The minimum atomic E-state index is 0.0408. The van der Waals surface area contributed by atoms with Crippen molar-refractivity contribution in [2.45, 2.75) is 27.2 Å². The molecule has 0 aromatic heterocycles. The first-order valence-electron chi connectivity index (χ1n) is 6.35. The van der Waals surface area contributed by atoms with Gasteiger partial charge in [-0.3, -0.25) is 0 Å². The maximum atomic E-state index is 9.19. The van der Waals surface area contributed by atoms with E-state index in [0.717, 1.165) is 24.5 Å². The molecule has 2 rings (SSSR count). The van der Waals surface area contributed by atoms with Crippen molar-refractivity contribution in [2.24, 2.45) is 11.3 Å². The first-order valence-corrected chi connectivity index (χ1v) is 6.72. The van der Waals surface area contributed by atoms with Gasteiger partial charge in [0, 0.05) is 23.8 Å². The Kier molecular flexibility index (Phi) is 3.54. The average Bonchev–Trinajstić information content (AvgIpc) is 2.27. The third kappa shape index (κ3) is 2.47. The monoisotopic (exact) mass is 262 g/mol. The second-order valence-corrected chi connectivity index (χ2v) is 6.25. The molecule has 1 aliphatic rings. The second kappa shape index (κ2) is 4.82. The van der Waals surface area contributed by atoms with Crippen LogP contribution in [0.15, 0.2) is 18.2 Å². The first-order chi connectivity index (χ1) is 8.44. The van der Waals surface area contributed by atoms with Crippen LogP contribution in [0.3, 0.4) is 0 Å². The Hall–Kier alpha value is -1.20. The molecule has 1 fully saturated rings. The number of rotatable bonds is 1. The highest BCUT2D eigenvalue weighted by Gasteiger charge is 2.36. The van der Waals surface area contributed by atoms with Crippen molar-refractivity contribution in [2.75, 3.05) is 18.0 Å². The van der Waals surface area contributed by atoms with Gasteiger partial charge in [-0.25, -0.2) is 0 Å². The Labute approximate surface area is 114 Å². The summed E-state index contributed by atoms with van der Waals surface area (Å²) < 4.78 is 0. The maximum Gasteiger partial charge on any atom is 0.0662 e. The van der Waals surface area contributed by atoms with Gasteiger partial charge in [0.15, 0.2) is 0 Å². The van der Waals surface area contributed by atoms with Crippen molar-refractivity contribution in [3.8, 4) is 6.07 Å². The Balaban J connectivity index is 2.24. The van der Waals surface area contributed by atoms with Gasteiger partial charge in [0.2, 0.25) is 0 Å². The summed E-state index contributed by atoms with van der Waals surface area (Å²) in [5.41, 5.74) is 2.48. The summed E-state index contributed by atoms with van der Waals surface area (Å²) in [5.74, 6) is 0.154. The second-order valence-electron chi connectivity index (χ2n) is 5.81. The average molecular weight is 263 g/mol. The maximum absolute atomic E-state index is 9.19. The third-order valence-corrected chi connectivity index (χ3v) is 4.12. The number of aryl methyl sites for hydroxylation is 1. The molecule has 0 aliphatic carbocycles. The predicted molar refractivity (Wildman–Crippen MR) is 75.9 cm³/mol. The smallest absolute Gasteiger partial charge is 0.0662 e. The van der Waals surface area contributed by atoms with Crippen molar-refractivity contribution >= 4 is 17.3 Å². The fourth-order valence-electron chi connectivity index (χ4n) is 2.78. The van der Waals surface area contributed by atoms with Gasteiger partial charge in [-0.2, -0.15) is 5.26 Å². The van der Waals surface area contributed by atoms with E-state index in [1.54, 1.807) is 0 Å². The number of halogens is 1. The van der Waals surface area contributed by atoms with Crippen LogP contribution in [0.2, 0.25) is 5.02 Å². The lowest BCUT2D eigenvalue weighted by molar-refractivity contribution is 0.226. The van der Waals surface area contributed by atoms with Gasteiger partial charge >= 0.3 is 0 Å². The molecule has 1 aromatic carbocycles. The fraction of sp³-hybridized carbons (Fsp3) is 0.533. The normalized spacial score (nSPS) is 22.6. The Morgan fingerprint density at radius 1 is 1.44 bits per heavy atom. The van der Waals surface area contributed by atoms with E-state index in [1.807, 2.05) is 12.1 Å². The van der Waals surface area contributed by atoms with Gasteiger partial charge in [0.05, 0.1) is 12.0 Å². The topological polar surface area (TPSA) is 27.0 Å². The molecule has 0 radical (unpaired) electrons. The lowest BCUT2D eigenvalue weighted by Gasteiger charge is -2.43. The molecule has 1 saturated heterocycles. The molecule has 18 heavy (non-hydrogen) atoms. The van der Waals surface area contributed by atoms with Crippen LogP contribution in [-0.2, 0) is 0 Å². The van der Waals surface area contributed by atoms with Gasteiger partial charge in [-0.15, -0.1) is 0 Å². The molecule has 0 bridgehead atoms. The van der Waals surface area contributed by atoms with E-state index in [9.17, 15) is 5.26 Å². The molecule has 0 amide bonds. The van der Waals surface area contributed by atoms with Crippen LogP contribution in [-0.4, -0.2) is 13.1 Å². The minimum Gasteiger partial charge on any atom is -0.371 e. The summed E-state index contributed by atoms with van der Waals surface area (Å²) >= 11 is 6.00. The molecule has 96 valence electrons. The van der Waals surface area contributed by atoms with Crippen molar-refractivity contribution in [1.82, 2.24) is 0 Å². The summed E-state index contributed by atoms with van der Waals surface area (Å²) in [5, 5.41) is 9.97. The van der Waals surface area contributed by atoms with E-state index in [0.29, 0.717) is 0 Å². The molecule has 1 unspecified atom stereocenters. The first kappa shape index (κ1) is 13.2. The van der Waals surface area contributed by atoms with E-state index >= 15 is 0 Å². The molecule has 1 aliphatic heterocycles. The van der Waals surface area contributed by atoms with Gasteiger partial charge < -0.3 is 4.90 Å². The number of hydrogen-bond donors (Lipinski definition) is 0. The largest absolute Gasteiger partial charge is 0.371 e. The zero-order chi connectivity index (χ0) is 13.3. The molecule has 2 nitrogen and oxygen atoms in total. The standard InChI is InChI=1S/C15H19ClN2/c1-11-8-13(16)4-5-14(11)18-7-6-12(9-17)15(2,3)10-18/h4-5,8,12H,6-7,10H2,1-3H3. The number of piperidine rings is 1. The molecular formula is C15H19ClN2. The Bertz CT molecular complexity index is 488. The predicted octanol–water partition coefficient (Wildman–Crippen LogP) is 4.02. The van der Waals surface area contributed by atoms with Crippen LogP contribution < -0.4 is 4.90 Å². The van der Waals surface area contributed by atoms with E-state index in [4.69, 9.17) is 11.6 Å². The molecule has 0 N–H and O–H groups in total. The van der Waals surface area contributed by atoms with Crippen LogP contribution >= 0.6 is 11.6 Å². The molecule has 0 spiro atoms. The fourth-order valence-corrected chi connectivity index (χ4v) is 3.00. The highest BCUT2D eigenvalue weighted by Crippen LogP contribution is 2.37.